The minimum Gasteiger partial charge on any atom is -0.309 e. The minimum atomic E-state index is -0.375. The maximum absolute atomic E-state index is 13.2. The van der Waals surface area contributed by atoms with Gasteiger partial charge < -0.3 is 5.32 Å². The third-order valence-corrected chi connectivity index (χ3v) is 3.19. The van der Waals surface area contributed by atoms with Crippen LogP contribution in [0.5, 0.6) is 0 Å². The third-order valence-electron chi connectivity index (χ3n) is 2.66. The van der Waals surface area contributed by atoms with Crippen molar-refractivity contribution in [2.45, 2.75) is 13.1 Å². The Kier molecular flexibility index (Phi) is 4.67. The summed E-state index contributed by atoms with van der Waals surface area (Å²) < 4.78 is 14.3. The van der Waals surface area contributed by atoms with Crippen molar-refractivity contribution >= 4 is 15.9 Å². The first-order chi connectivity index (χ1) is 9.17. The molecule has 2 rings (SSSR count). The lowest BCUT2D eigenvalue weighted by Gasteiger charge is -2.06. The van der Waals surface area contributed by atoms with Crippen LogP contribution in [0.15, 0.2) is 46.9 Å². The van der Waals surface area contributed by atoms with Gasteiger partial charge in [0.1, 0.15) is 5.82 Å². The highest BCUT2D eigenvalue weighted by Gasteiger charge is 2.00. The lowest BCUT2D eigenvalue weighted by Crippen LogP contribution is -2.12. The zero-order valence-electron chi connectivity index (χ0n) is 10.2. The lowest BCUT2D eigenvalue weighted by atomic mass is 10.1. The molecule has 0 aliphatic rings. The molecule has 19 heavy (non-hydrogen) atoms. The molecule has 0 amide bonds. The molecule has 0 heterocycles. The monoisotopic (exact) mass is 318 g/mol. The summed E-state index contributed by atoms with van der Waals surface area (Å²) >= 11 is 3.38. The van der Waals surface area contributed by atoms with E-state index >= 15 is 0 Å². The van der Waals surface area contributed by atoms with Crippen molar-refractivity contribution in [1.29, 1.82) is 5.26 Å². The van der Waals surface area contributed by atoms with Crippen LogP contribution in [-0.4, -0.2) is 0 Å². The molecule has 0 aromatic heterocycles. The van der Waals surface area contributed by atoms with Gasteiger partial charge in [-0.2, -0.15) is 5.26 Å². The molecule has 0 radical (unpaired) electrons. The molecule has 0 spiro atoms. The van der Waals surface area contributed by atoms with Crippen molar-refractivity contribution < 1.29 is 4.39 Å². The van der Waals surface area contributed by atoms with Crippen molar-refractivity contribution in [1.82, 2.24) is 5.32 Å². The second-order valence-corrected chi connectivity index (χ2v) is 5.11. The molecule has 2 nitrogen and oxygen atoms in total. The van der Waals surface area contributed by atoms with Crippen molar-refractivity contribution in [3.63, 3.8) is 0 Å². The number of halogens is 2. The SMILES string of the molecule is N#Cc1cc(F)cc(CNCc2ccc(Br)cc2)c1. The van der Waals surface area contributed by atoms with Gasteiger partial charge in [-0.25, -0.2) is 4.39 Å². The smallest absolute Gasteiger partial charge is 0.124 e. The van der Waals surface area contributed by atoms with E-state index in [4.69, 9.17) is 5.26 Å². The van der Waals surface area contributed by atoms with Gasteiger partial charge in [0.15, 0.2) is 0 Å². The Hall–Kier alpha value is -1.70. The molecule has 0 unspecified atom stereocenters. The molecule has 0 saturated heterocycles. The van der Waals surface area contributed by atoms with Gasteiger partial charge in [0, 0.05) is 17.6 Å². The number of nitriles is 1. The fourth-order valence-electron chi connectivity index (χ4n) is 1.77. The average molecular weight is 319 g/mol. The minimum absolute atomic E-state index is 0.348. The van der Waals surface area contributed by atoms with E-state index in [9.17, 15) is 4.39 Å². The predicted octanol–water partition coefficient (Wildman–Crippen LogP) is 3.75. The molecule has 0 aliphatic heterocycles. The van der Waals surface area contributed by atoms with Crippen LogP contribution in [0, 0.1) is 17.1 Å². The quantitative estimate of drug-likeness (QED) is 0.932. The number of nitrogens with zero attached hydrogens (tertiary/aromatic N) is 1. The average Bonchev–Trinajstić information content (AvgIpc) is 2.40. The molecule has 2 aromatic carbocycles. The zero-order valence-corrected chi connectivity index (χ0v) is 11.7. The van der Waals surface area contributed by atoms with E-state index in [2.05, 4.69) is 21.2 Å². The highest BCUT2D eigenvalue weighted by atomic mass is 79.9. The van der Waals surface area contributed by atoms with Crippen LogP contribution in [-0.2, 0) is 13.1 Å². The van der Waals surface area contributed by atoms with Crippen molar-refractivity contribution in [2.24, 2.45) is 0 Å². The maximum Gasteiger partial charge on any atom is 0.124 e. The fraction of sp³-hybridized carbons (Fsp3) is 0.133. The Morgan fingerprint density at radius 2 is 1.74 bits per heavy atom. The number of nitrogens with one attached hydrogen (secondary N) is 1. The van der Waals surface area contributed by atoms with Crippen LogP contribution in [0.25, 0.3) is 0 Å². The van der Waals surface area contributed by atoms with Crippen LogP contribution in [0.4, 0.5) is 4.39 Å². The molecule has 0 fully saturated rings. The molecule has 0 bridgehead atoms. The van der Waals surface area contributed by atoms with E-state index in [0.717, 1.165) is 15.6 Å². The number of rotatable bonds is 4. The van der Waals surface area contributed by atoms with Gasteiger partial charge in [-0.1, -0.05) is 28.1 Å². The van der Waals surface area contributed by atoms with E-state index in [1.807, 2.05) is 30.3 Å². The summed E-state index contributed by atoms with van der Waals surface area (Å²) in [4.78, 5) is 0. The topological polar surface area (TPSA) is 35.8 Å². The molecule has 2 aromatic rings. The summed E-state index contributed by atoms with van der Waals surface area (Å²) in [5.41, 5.74) is 2.27. The molecule has 0 aliphatic carbocycles. The molecule has 4 heteroatoms. The Morgan fingerprint density at radius 3 is 2.42 bits per heavy atom. The van der Waals surface area contributed by atoms with Gasteiger partial charge in [0.25, 0.3) is 0 Å². The predicted molar refractivity (Wildman–Crippen MR) is 75.8 cm³/mol. The van der Waals surface area contributed by atoms with Gasteiger partial charge in [0.2, 0.25) is 0 Å². The van der Waals surface area contributed by atoms with Crippen LogP contribution >= 0.6 is 15.9 Å². The van der Waals surface area contributed by atoms with Gasteiger partial charge in [-0.3, -0.25) is 0 Å². The number of hydrogen-bond donors (Lipinski definition) is 1. The van der Waals surface area contributed by atoms with Crippen LogP contribution < -0.4 is 5.32 Å². The van der Waals surface area contributed by atoms with Gasteiger partial charge in [-0.15, -0.1) is 0 Å². The first-order valence-corrected chi connectivity index (χ1v) is 6.61. The first-order valence-electron chi connectivity index (χ1n) is 5.82. The van der Waals surface area contributed by atoms with E-state index in [1.165, 1.54) is 12.1 Å². The van der Waals surface area contributed by atoms with Gasteiger partial charge in [-0.05, 0) is 41.5 Å². The third kappa shape index (κ3) is 4.16. The zero-order chi connectivity index (χ0) is 13.7. The number of benzene rings is 2. The van der Waals surface area contributed by atoms with Gasteiger partial charge >= 0.3 is 0 Å². The van der Waals surface area contributed by atoms with E-state index in [-0.39, 0.29) is 5.82 Å². The summed E-state index contributed by atoms with van der Waals surface area (Å²) in [6.45, 7) is 1.23. The summed E-state index contributed by atoms with van der Waals surface area (Å²) in [6, 6.07) is 14.3. The molecule has 0 saturated carbocycles. The summed E-state index contributed by atoms with van der Waals surface area (Å²) in [5, 5.41) is 12.0. The lowest BCUT2D eigenvalue weighted by molar-refractivity contribution is 0.619. The normalized spacial score (nSPS) is 10.2. The molecular formula is C15H12BrFN2. The highest BCUT2D eigenvalue weighted by molar-refractivity contribution is 9.10. The Morgan fingerprint density at radius 1 is 1.05 bits per heavy atom. The molecular weight excluding hydrogens is 307 g/mol. The molecule has 1 N–H and O–H groups in total. The largest absolute Gasteiger partial charge is 0.309 e. The second-order valence-electron chi connectivity index (χ2n) is 4.19. The maximum atomic E-state index is 13.2. The number of hydrogen-bond acceptors (Lipinski definition) is 2. The summed E-state index contributed by atoms with van der Waals surface area (Å²) in [7, 11) is 0. The summed E-state index contributed by atoms with van der Waals surface area (Å²) in [5.74, 6) is -0.375. The van der Waals surface area contributed by atoms with Crippen molar-refractivity contribution in [2.75, 3.05) is 0 Å². The fourth-order valence-corrected chi connectivity index (χ4v) is 2.03. The van der Waals surface area contributed by atoms with Crippen LogP contribution in [0.2, 0.25) is 0 Å². The van der Waals surface area contributed by atoms with E-state index in [1.54, 1.807) is 6.07 Å². The molecule has 96 valence electrons. The highest BCUT2D eigenvalue weighted by Crippen LogP contribution is 2.11. The first kappa shape index (κ1) is 13.7. The Balaban J connectivity index is 1.94. The van der Waals surface area contributed by atoms with Gasteiger partial charge in [0.05, 0.1) is 11.6 Å². The van der Waals surface area contributed by atoms with E-state index < -0.39 is 0 Å². The Labute approximate surface area is 120 Å². The van der Waals surface area contributed by atoms with Crippen LogP contribution in [0.1, 0.15) is 16.7 Å². The van der Waals surface area contributed by atoms with E-state index in [0.29, 0.717) is 18.7 Å². The second kappa shape index (κ2) is 6.46. The summed E-state index contributed by atoms with van der Waals surface area (Å²) in [6.07, 6.45) is 0. The Bertz CT molecular complexity index is 603. The van der Waals surface area contributed by atoms with Crippen molar-refractivity contribution in [3.8, 4) is 6.07 Å². The standard InChI is InChI=1S/C15H12BrFN2/c16-14-3-1-11(2-4-14)9-19-10-13-5-12(8-18)6-15(17)7-13/h1-7,19H,9-10H2. The van der Waals surface area contributed by atoms with Crippen LogP contribution in [0.3, 0.4) is 0 Å². The van der Waals surface area contributed by atoms with Crippen molar-refractivity contribution in [3.05, 3.63) is 69.4 Å². The molecule has 0 atom stereocenters.